The van der Waals surface area contributed by atoms with Gasteiger partial charge in [0.15, 0.2) is 0 Å². The molecule has 0 atom stereocenters. The maximum absolute atomic E-state index is 13.0. The number of alkyl halides is 3. The Labute approximate surface area is 211 Å². The van der Waals surface area contributed by atoms with Gasteiger partial charge in [0.25, 0.3) is 5.91 Å². The average Bonchev–Trinajstić information content (AvgIpc) is 3.27. The molecule has 10 heteroatoms. The minimum absolute atomic E-state index is 0.183. The highest BCUT2D eigenvalue weighted by atomic mass is 35.5. The van der Waals surface area contributed by atoms with Crippen LogP contribution < -0.4 is 5.32 Å². The molecule has 1 aromatic heterocycles. The molecule has 1 aliphatic carbocycles. The third-order valence-electron chi connectivity index (χ3n) is 6.81. The van der Waals surface area contributed by atoms with E-state index in [4.69, 9.17) is 16.3 Å². The summed E-state index contributed by atoms with van der Waals surface area (Å²) < 4.78 is 44.9. The highest BCUT2D eigenvalue weighted by molar-refractivity contribution is 6.35. The number of aromatic nitrogens is 2. The number of esters is 1. The van der Waals surface area contributed by atoms with Crippen molar-refractivity contribution < 1.29 is 27.5 Å². The number of hydrogen-bond acceptors (Lipinski definition) is 4. The maximum atomic E-state index is 13.0. The Morgan fingerprint density at radius 1 is 1.08 bits per heavy atom. The van der Waals surface area contributed by atoms with E-state index in [1.54, 1.807) is 23.0 Å². The van der Waals surface area contributed by atoms with E-state index >= 15 is 0 Å². The van der Waals surface area contributed by atoms with E-state index in [-0.39, 0.29) is 18.4 Å². The topological polar surface area (TPSA) is 73.2 Å². The number of fused-ring (bicyclic) bond motifs is 1. The number of methoxy groups -OCH3 is 1. The lowest BCUT2D eigenvalue weighted by Crippen LogP contribution is -2.31. The zero-order chi connectivity index (χ0) is 25.9. The molecular weight excluding hydrogens is 495 g/mol. The van der Waals surface area contributed by atoms with Crippen molar-refractivity contribution in [3.63, 3.8) is 0 Å². The minimum atomic E-state index is -4.40. The van der Waals surface area contributed by atoms with Crippen LogP contribution in [-0.2, 0) is 22.3 Å². The first-order valence-corrected chi connectivity index (χ1v) is 12.2. The van der Waals surface area contributed by atoms with Crippen LogP contribution in [0.4, 0.5) is 13.2 Å². The Kier molecular flexibility index (Phi) is 7.88. The molecule has 2 aromatic carbocycles. The summed E-state index contributed by atoms with van der Waals surface area (Å²) in [5.41, 5.74) is 0.896. The van der Waals surface area contributed by atoms with E-state index in [2.05, 4.69) is 10.4 Å². The highest BCUT2D eigenvalue weighted by Crippen LogP contribution is 2.32. The molecule has 1 saturated carbocycles. The number of amides is 1. The fraction of sp³-hybridized carbons (Fsp3) is 0.423. The number of hydrogen-bond donors (Lipinski definition) is 1. The molecule has 36 heavy (non-hydrogen) atoms. The second kappa shape index (κ2) is 10.9. The van der Waals surface area contributed by atoms with E-state index in [9.17, 15) is 22.8 Å². The zero-order valence-electron chi connectivity index (χ0n) is 19.8. The van der Waals surface area contributed by atoms with Gasteiger partial charge in [0, 0.05) is 18.4 Å². The van der Waals surface area contributed by atoms with Crippen molar-refractivity contribution in [2.45, 2.75) is 44.8 Å². The molecule has 0 bridgehead atoms. The predicted octanol–water partition coefficient (Wildman–Crippen LogP) is 5.86. The van der Waals surface area contributed by atoms with E-state index in [1.165, 1.54) is 19.2 Å². The second-order valence-corrected chi connectivity index (χ2v) is 9.64. The van der Waals surface area contributed by atoms with E-state index in [0.29, 0.717) is 51.9 Å². The third kappa shape index (κ3) is 6.00. The number of rotatable bonds is 7. The molecule has 0 spiro atoms. The first kappa shape index (κ1) is 26.0. The molecular formula is C26H27ClF3N3O3. The summed E-state index contributed by atoms with van der Waals surface area (Å²) in [4.78, 5) is 24.5. The molecule has 192 valence electrons. The van der Waals surface area contributed by atoms with Crippen LogP contribution in [0.1, 0.15) is 53.6 Å². The first-order valence-electron chi connectivity index (χ1n) is 11.8. The van der Waals surface area contributed by atoms with Gasteiger partial charge in [-0.05, 0) is 67.3 Å². The Balaban J connectivity index is 1.41. The minimum Gasteiger partial charge on any atom is -0.469 e. The Hall–Kier alpha value is -3.07. The number of carbonyl (C=O) groups is 2. The van der Waals surface area contributed by atoms with Crippen LogP contribution in [0.2, 0.25) is 5.02 Å². The molecule has 1 N–H and O–H groups in total. The summed E-state index contributed by atoms with van der Waals surface area (Å²) in [6.07, 6.45) is 1.32. The van der Waals surface area contributed by atoms with Crippen molar-refractivity contribution in [1.82, 2.24) is 15.1 Å². The smallest absolute Gasteiger partial charge is 0.416 e. The van der Waals surface area contributed by atoms with Gasteiger partial charge >= 0.3 is 12.1 Å². The summed E-state index contributed by atoms with van der Waals surface area (Å²) >= 11 is 6.42. The van der Waals surface area contributed by atoms with Gasteiger partial charge < -0.3 is 10.1 Å². The zero-order valence-corrected chi connectivity index (χ0v) is 20.5. The number of benzene rings is 2. The van der Waals surface area contributed by atoms with Crippen LogP contribution >= 0.6 is 11.6 Å². The lowest BCUT2D eigenvalue weighted by Gasteiger charge is -2.28. The molecule has 1 heterocycles. The molecule has 6 nitrogen and oxygen atoms in total. The quantitative estimate of drug-likeness (QED) is 0.395. The van der Waals surface area contributed by atoms with Crippen LogP contribution in [-0.4, -0.2) is 35.3 Å². The summed E-state index contributed by atoms with van der Waals surface area (Å²) in [7, 11) is 1.40. The molecule has 1 aliphatic rings. The van der Waals surface area contributed by atoms with Crippen LogP contribution in [0.5, 0.6) is 0 Å². The van der Waals surface area contributed by atoms with E-state index in [0.717, 1.165) is 37.8 Å². The number of ether oxygens (including phenoxy) is 1. The van der Waals surface area contributed by atoms with Gasteiger partial charge in [-0.3, -0.25) is 14.3 Å². The third-order valence-corrected chi connectivity index (χ3v) is 7.12. The van der Waals surface area contributed by atoms with Gasteiger partial charge in [0.2, 0.25) is 0 Å². The average molecular weight is 522 g/mol. The Morgan fingerprint density at radius 3 is 2.39 bits per heavy atom. The predicted molar refractivity (Wildman–Crippen MR) is 130 cm³/mol. The van der Waals surface area contributed by atoms with Gasteiger partial charge in [0.05, 0.1) is 41.5 Å². The van der Waals surface area contributed by atoms with Crippen LogP contribution in [0.15, 0.2) is 42.6 Å². The van der Waals surface area contributed by atoms with Gasteiger partial charge in [-0.15, -0.1) is 0 Å². The second-order valence-electron chi connectivity index (χ2n) is 9.23. The fourth-order valence-electron chi connectivity index (χ4n) is 4.74. The lowest BCUT2D eigenvalue weighted by atomic mass is 9.80. The first-order chi connectivity index (χ1) is 17.2. The van der Waals surface area contributed by atoms with Crippen molar-refractivity contribution in [3.8, 4) is 0 Å². The van der Waals surface area contributed by atoms with Crippen molar-refractivity contribution >= 4 is 34.4 Å². The maximum Gasteiger partial charge on any atom is 0.416 e. The van der Waals surface area contributed by atoms with E-state index in [1.807, 2.05) is 0 Å². The van der Waals surface area contributed by atoms with Gasteiger partial charge in [-0.1, -0.05) is 23.7 Å². The van der Waals surface area contributed by atoms with Gasteiger partial charge in [-0.25, -0.2) is 0 Å². The molecule has 0 saturated heterocycles. The Morgan fingerprint density at radius 2 is 1.75 bits per heavy atom. The summed E-state index contributed by atoms with van der Waals surface area (Å²) in [6.45, 7) is 0.745. The molecule has 0 unspecified atom stereocenters. The van der Waals surface area contributed by atoms with Crippen LogP contribution in [0.3, 0.4) is 0 Å². The summed E-state index contributed by atoms with van der Waals surface area (Å²) in [5.74, 6) is 0.253. The largest absolute Gasteiger partial charge is 0.469 e. The van der Waals surface area contributed by atoms with Crippen LogP contribution in [0.25, 0.3) is 10.9 Å². The molecule has 0 aliphatic heterocycles. The molecule has 4 rings (SSSR count). The molecule has 1 fully saturated rings. The molecule has 1 amide bonds. The van der Waals surface area contributed by atoms with Gasteiger partial charge in [-0.2, -0.15) is 18.3 Å². The normalized spacial score (nSPS) is 18.2. The van der Waals surface area contributed by atoms with E-state index < -0.39 is 11.7 Å². The fourth-order valence-corrected chi connectivity index (χ4v) is 5.00. The standard InChI is InChI=1S/C26H27ClF3N3O3/c1-36-23(34)12-16-2-4-17(5-3-16)13-31-25(35)20-10-11-22(27)24-21(20)14-32-33(24)15-18-6-8-19(9-7-18)26(28,29)30/h6-11,14,16-17H,2-5,12-13,15H2,1H3,(H,31,35). The van der Waals surface area contributed by atoms with Gasteiger partial charge in [0.1, 0.15) is 0 Å². The number of halogens is 4. The Bertz CT molecular complexity index is 1230. The number of nitrogens with one attached hydrogen (secondary N) is 1. The molecule has 3 aromatic rings. The summed E-state index contributed by atoms with van der Waals surface area (Å²) in [6, 6.07) is 8.15. The number of carbonyl (C=O) groups excluding carboxylic acids is 2. The molecule has 0 radical (unpaired) electrons. The van der Waals surface area contributed by atoms with Crippen molar-refractivity contribution in [2.75, 3.05) is 13.7 Å². The number of nitrogens with zero attached hydrogens (tertiary/aromatic N) is 2. The van der Waals surface area contributed by atoms with Crippen molar-refractivity contribution in [2.24, 2.45) is 11.8 Å². The van der Waals surface area contributed by atoms with Crippen LogP contribution in [0, 0.1) is 11.8 Å². The van der Waals surface area contributed by atoms with Crippen molar-refractivity contribution in [3.05, 3.63) is 64.3 Å². The monoisotopic (exact) mass is 521 g/mol. The summed E-state index contributed by atoms with van der Waals surface area (Å²) in [5, 5.41) is 8.33. The van der Waals surface area contributed by atoms with Crippen molar-refractivity contribution in [1.29, 1.82) is 0 Å². The lowest BCUT2D eigenvalue weighted by molar-refractivity contribution is -0.142. The highest BCUT2D eigenvalue weighted by Gasteiger charge is 2.30. The SMILES string of the molecule is COC(=O)CC1CCC(CNC(=O)c2ccc(Cl)c3c2cnn3Cc2ccc(C(F)(F)F)cc2)CC1.